The molecule has 0 bridgehead atoms. The Morgan fingerprint density at radius 1 is 1.07 bits per heavy atom. The zero-order chi connectivity index (χ0) is 20.8. The molecule has 6 heteroatoms. The molecule has 1 aliphatic rings. The highest BCUT2D eigenvalue weighted by Gasteiger charge is 2.29. The second-order valence-electron chi connectivity index (χ2n) is 7.38. The molecule has 30 heavy (non-hydrogen) atoms. The summed E-state index contributed by atoms with van der Waals surface area (Å²) in [6.07, 6.45) is 8.15. The van der Waals surface area contributed by atoms with Crippen molar-refractivity contribution < 1.29 is 4.79 Å². The maximum atomic E-state index is 13.0. The summed E-state index contributed by atoms with van der Waals surface area (Å²) in [6, 6.07) is 17.3. The molecule has 0 aliphatic carbocycles. The van der Waals surface area contributed by atoms with E-state index in [1.807, 2.05) is 72.5 Å². The fourth-order valence-electron chi connectivity index (χ4n) is 3.66. The van der Waals surface area contributed by atoms with Gasteiger partial charge in [-0.3, -0.25) is 4.79 Å². The summed E-state index contributed by atoms with van der Waals surface area (Å²) in [5.41, 5.74) is 1.87. The summed E-state index contributed by atoms with van der Waals surface area (Å²) in [5.74, 6) is 2.08. The number of nitrogens with one attached hydrogen (secondary N) is 1. The van der Waals surface area contributed by atoms with Gasteiger partial charge < -0.3 is 10.2 Å². The Morgan fingerprint density at radius 2 is 1.90 bits per heavy atom. The third-order valence-corrected chi connectivity index (χ3v) is 5.09. The maximum absolute atomic E-state index is 13.0. The van der Waals surface area contributed by atoms with Crippen molar-refractivity contribution in [2.45, 2.75) is 32.2 Å². The van der Waals surface area contributed by atoms with Crippen LogP contribution in [0.4, 0.5) is 11.6 Å². The van der Waals surface area contributed by atoms with Gasteiger partial charge in [0.2, 0.25) is 5.91 Å². The Labute approximate surface area is 176 Å². The maximum Gasteiger partial charge on any atom is 0.247 e. The van der Waals surface area contributed by atoms with Crippen molar-refractivity contribution >= 4 is 23.6 Å². The fraction of sp³-hybridized carbons (Fsp3) is 0.250. The Bertz CT molecular complexity index is 1020. The smallest absolute Gasteiger partial charge is 0.247 e. The van der Waals surface area contributed by atoms with Crippen LogP contribution in [0, 0.1) is 6.92 Å². The molecule has 1 aliphatic heterocycles. The number of rotatable bonds is 5. The molecule has 0 spiro atoms. The quantitative estimate of drug-likeness (QED) is 0.630. The van der Waals surface area contributed by atoms with E-state index in [0.717, 1.165) is 36.3 Å². The van der Waals surface area contributed by atoms with E-state index in [1.165, 1.54) is 0 Å². The minimum Gasteiger partial charge on any atom is -0.329 e. The average Bonchev–Trinajstić information content (AvgIpc) is 2.78. The molecule has 1 atom stereocenters. The number of hydrogen-bond donors (Lipinski definition) is 1. The molecule has 6 nitrogen and oxygen atoms in total. The van der Waals surface area contributed by atoms with Crippen molar-refractivity contribution in [2.75, 3.05) is 11.9 Å². The molecule has 3 aromatic rings. The van der Waals surface area contributed by atoms with Gasteiger partial charge in [-0.15, -0.1) is 0 Å². The van der Waals surface area contributed by atoms with Gasteiger partial charge in [0.25, 0.3) is 0 Å². The lowest BCUT2D eigenvalue weighted by atomic mass is 10.0. The normalized spacial score (nSPS) is 16.6. The first kappa shape index (κ1) is 19.8. The zero-order valence-electron chi connectivity index (χ0n) is 17.0. The monoisotopic (exact) mass is 399 g/mol. The molecule has 4 rings (SSSR count). The largest absolute Gasteiger partial charge is 0.329 e. The average molecular weight is 399 g/mol. The van der Waals surface area contributed by atoms with Crippen LogP contribution >= 0.6 is 0 Å². The van der Waals surface area contributed by atoms with Crippen molar-refractivity contribution in [1.82, 2.24) is 19.9 Å². The minimum atomic E-state index is -0.129. The van der Waals surface area contributed by atoms with Crippen LogP contribution in [0.1, 0.15) is 42.4 Å². The van der Waals surface area contributed by atoms with E-state index in [1.54, 1.807) is 12.3 Å². The van der Waals surface area contributed by atoms with Crippen LogP contribution in [0.15, 0.2) is 66.9 Å². The van der Waals surface area contributed by atoms with Gasteiger partial charge in [0.15, 0.2) is 5.82 Å². The first-order valence-corrected chi connectivity index (χ1v) is 10.3. The number of amides is 1. The van der Waals surface area contributed by atoms with E-state index in [4.69, 9.17) is 4.98 Å². The predicted octanol–water partition coefficient (Wildman–Crippen LogP) is 4.69. The van der Waals surface area contributed by atoms with Crippen molar-refractivity contribution in [1.29, 1.82) is 0 Å². The van der Waals surface area contributed by atoms with Crippen molar-refractivity contribution in [3.05, 3.63) is 84.0 Å². The first-order chi connectivity index (χ1) is 14.7. The van der Waals surface area contributed by atoms with E-state index in [0.29, 0.717) is 18.2 Å². The molecular weight excluding hydrogens is 374 g/mol. The van der Waals surface area contributed by atoms with E-state index < -0.39 is 0 Å². The molecule has 1 amide bonds. The molecule has 1 saturated heterocycles. The standard InChI is InChI=1S/C24H25N5O/c1-18-17-22(27-21-12-5-7-15-25-21)28-24(26-18)20-11-6-8-16-29(20)23(30)14-13-19-9-3-2-4-10-19/h2-5,7,9-10,12-15,17,20H,6,8,11,16H2,1H3,(H,25,26,27,28)/b14-13+/t20-/m0/s1. The molecule has 1 aromatic carbocycles. The van der Waals surface area contributed by atoms with E-state index >= 15 is 0 Å². The summed E-state index contributed by atoms with van der Waals surface area (Å²) in [7, 11) is 0. The van der Waals surface area contributed by atoms with Gasteiger partial charge in [-0.05, 0) is 50.0 Å². The zero-order valence-corrected chi connectivity index (χ0v) is 17.0. The number of carbonyl (C=O) groups excluding carboxylic acids is 1. The Kier molecular flexibility index (Phi) is 6.13. The summed E-state index contributed by atoms with van der Waals surface area (Å²) < 4.78 is 0. The van der Waals surface area contributed by atoms with Crippen molar-refractivity contribution in [3.8, 4) is 0 Å². The minimum absolute atomic E-state index is 0.00658. The number of likely N-dealkylation sites (tertiary alicyclic amines) is 1. The third kappa shape index (κ3) is 4.89. The number of piperidine rings is 1. The van der Waals surface area contributed by atoms with Gasteiger partial charge in [-0.25, -0.2) is 15.0 Å². The van der Waals surface area contributed by atoms with Crippen LogP contribution in [0.2, 0.25) is 0 Å². The number of aryl methyl sites for hydroxylation is 1. The second-order valence-corrected chi connectivity index (χ2v) is 7.38. The van der Waals surface area contributed by atoms with Crippen LogP contribution in [-0.2, 0) is 4.79 Å². The number of hydrogen-bond acceptors (Lipinski definition) is 5. The van der Waals surface area contributed by atoms with Gasteiger partial charge in [0.05, 0.1) is 6.04 Å². The summed E-state index contributed by atoms with van der Waals surface area (Å²) >= 11 is 0. The molecule has 0 radical (unpaired) electrons. The number of pyridine rings is 1. The van der Waals surface area contributed by atoms with Crippen LogP contribution in [0.3, 0.4) is 0 Å². The Balaban J connectivity index is 1.56. The molecule has 1 fully saturated rings. The first-order valence-electron chi connectivity index (χ1n) is 10.3. The van der Waals surface area contributed by atoms with Crippen molar-refractivity contribution in [3.63, 3.8) is 0 Å². The highest BCUT2D eigenvalue weighted by Crippen LogP contribution is 2.30. The lowest BCUT2D eigenvalue weighted by Crippen LogP contribution is -2.38. The molecule has 2 aromatic heterocycles. The molecule has 0 unspecified atom stereocenters. The van der Waals surface area contributed by atoms with Gasteiger partial charge in [0.1, 0.15) is 11.6 Å². The number of benzene rings is 1. The number of carbonyl (C=O) groups is 1. The molecule has 152 valence electrons. The summed E-state index contributed by atoms with van der Waals surface area (Å²) in [6.45, 7) is 2.65. The fourth-order valence-corrected chi connectivity index (χ4v) is 3.66. The predicted molar refractivity (Wildman–Crippen MR) is 118 cm³/mol. The number of nitrogens with zero attached hydrogens (tertiary/aromatic N) is 4. The topological polar surface area (TPSA) is 71.0 Å². The van der Waals surface area contributed by atoms with Gasteiger partial charge in [0, 0.05) is 30.6 Å². The van der Waals surface area contributed by atoms with Crippen LogP contribution < -0.4 is 5.32 Å². The van der Waals surface area contributed by atoms with Crippen LogP contribution in [0.5, 0.6) is 0 Å². The third-order valence-electron chi connectivity index (χ3n) is 5.09. The Hall–Kier alpha value is -3.54. The molecule has 1 N–H and O–H groups in total. The van der Waals surface area contributed by atoms with E-state index in [-0.39, 0.29) is 11.9 Å². The Morgan fingerprint density at radius 3 is 2.70 bits per heavy atom. The highest BCUT2D eigenvalue weighted by molar-refractivity contribution is 5.92. The lowest BCUT2D eigenvalue weighted by Gasteiger charge is -2.34. The van der Waals surface area contributed by atoms with Gasteiger partial charge in [-0.2, -0.15) is 0 Å². The van der Waals surface area contributed by atoms with E-state index in [9.17, 15) is 4.79 Å². The summed E-state index contributed by atoms with van der Waals surface area (Å²) in [4.78, 5) is 28.5. The van der Waals surface area contributed by atoms with Gasteiger partial charge in [-0.1, -0.05) is 36.4 Å². The van der Waals surface area contributed by atoms with Crippen LogP contribution in [-0.4, -0.2) is 32.3 Å². The van der Waals surface area contributed by atoms with Crippen molar-refractivity contribution in [2.24, 2.45) is 0 Å². The lowest BCUT2D eigenvalue weighted by molar-refractivity contribution is -0.129. The number of anilines is 2. The molecule has 0 saturated carbocycles. The molecular formula is C24H25N5O. The van der Waals surface area contributed by atoms with E-state index in [2.05, 4.69) is 15.3 Å². The molecule has 3 heterocycles. The highest BCUT2D eigenvalue weighted by atomic mass is 16.2. The second kappa shape index (κ2) is 9.31. The number of aromatic nitrogens is 3. The summed E-state index contributed by atoms with van der Waals surface area (Å²) in [5, 5.41) is 3.24. The SMILES string of the molecule is Cc1cc(Nc2ccccn2)nc([C@@H]2CCCCN2C(=O)/C=C/c2ccccc2)n1. The van der Waals surface area contributed by atoms with Gasteiger partial charge >= 0.3 is 0 Å². The van der Waals surface area contributed by atoms with Crippen LogP contribution in [0.25, 0.3) is 6.08 Å².